The van der Waals surface area contributed by atoms with E-state index in [9.17, 15) is 14.7 Å². The number of nitrogens with one attached hydrogen (secondary N) is 1. The number of hydrogen-bond donors (Lipinski definition) is 3. The largest absolute Gasteiger partial charge is 0.505 e. The molecule has 1 aliphatic heterocycles. The smallest absolute Gasteiger partial charge is 0.370 e. The van der Waals surface area contributed by atoms with Crippen LogP contribution in [0.1, 0.15) is 34.9 Å². The molecule has 0 amide bonds. The number of carboxylic acids is 1. The molecule has 162 valence electrons. The molecule has 5 rings (SSSR count). The van der Waals surface area contributed by atoms with E-state index in [1.54, 1.807) is 25.1 Å². The second-order valence-corrected chi connectivity index (χ2v) is 7.81. The predicted octanol–water partition coefficient (Wildman–Crippen LogP) is 4.12. The molecular weight excluding hydrogens is 412 g/mol. The molecule has 1 aromatic heterocycles. The molecule has 9 nitrogen and oxygen atoms in total. The van der Waals surface area contributed by atoms with E-state index in [0.29, 0.717) is 17.7 Å². The lowest BCUT2D eigenvalue weighted by atomic mass is 9.88. The van der Waals surface area contributed by atoms with E-state index in [0.717, 1.165) is 18.5 Å². The number of nitrogens with zero attached hydrogens (tertiary/aromatic N) is 3. The van der Waals surface area contributed by atoms with E-state index in [4.69, 9.17) is 9.84 Å². The molecule has 0 bridgehead atoms. The Balaban J connectivity index is 1.43. The van der Waals surface area contributed by atoms with Crippen molar-refractivity contribution >= 4 is 17.3 Å². The summed E-state index contributed by atoms with van der Waals surface area (Å²) in [5.74, 6) is -1.48. The van der Waals surface area contributed by atoms with Crippen molar-refractivity contribution in [1.29, 1.82) is 0 Å². The molecule has 9 heteroatoms. The zero-order valence-electron chi connectivity index (χ0n) is 17.2. The van der Waals surface area contributed by atoms with Crippen molar-refractivity contribution in [2.24, 2.45) is 10.2 Å². The molecule has 0 fully saturated rings. The molecule has 0 saturated heterocycles. The fraction of sp³-hybridized carbons (Fsp3) is 0.217. The molecule has 1 atom stereocenters. The van der Waals surface area contributed by atoms with Crippen molar-refractivity contribution in [1.82, 2.24) is 9.78 Å². The number of aromatic amines is 1. The Kier molecular flexibility index (Phi) is 4.66. The highest BCUT2D eigenvalue weighted by Crippen LogP contribution is 2.40. The first-order valence-corrected chi connectivity index (χ1v) is 10.2. The average molecular weight is 432 g/mol. The van der Waals surface area contributed by atoms with Crippen LogP contribution in [0.5, 0.6) is 5.75 Å². The van der Waals surface area contributed by atoms with Gasteiger partial charge in [-0.2, -0.15) is 0 Å². The fourth-order valence-corrected chi connectivity index (χ4v) is 3.94. The summed E-state index contributed by atoms with van der Waals surface area (Å²) < 4.78 is 6.83. The fourth-order valence-electron chi connectivity index (χ4n) is 3.94. The molecule has 3 aromatic rings. The van der Waals surface area contributed by atoms with Gasteiger partial charge in [0.1, 0.15) is 17.5 Å². The maximum absolute atomic E-state index is 12.9. The number of aliphatic carboxylic acids is 1. The minimum Gasteiger partial charge on any atom is -0.505 e. The summed E-state index contributed by atoms with van der Waals surface area (Å²) in [4.78, 5) is 24.0. The van der Waals surface area contributed by atoms with E-state index in [1.807, 2.05) is 18.2 Å². The lowest BCUT2D eigenvalue weighted by molar-refractivity contribution is -0.137. The number of aromatic nitrogens is 2. The zero-order chi connectivity index (χ0) is 22.4. The second-order valence-electron chi connectivity index (χ2n) is 7.81. The number of benzene rings is 2. The number of azo groups is 1. The van der Waals surface area contributed by atoms with Gasteiger partial charge in [-0.1, -0.05) is 18.2 Å². The Hall–Kier alpha value is -4.14. The first-order valence-electron chi connectivity index (χ1n) is 10.2. The van der Waals surface area contributed by atoms with Crippen molar-refractivity contribution in [3.8, 4) is 11.4 Å². The van der Waals surface area contributed by atoms with Crippen molar-refractivity contribution in [3.05, 3.63) is 81.0 Å². The lowest BCUT2D eigenvalue weighted by Gasteiger charge is -2.19. The Labute approximate surface area is 182 Å². The van der Waals surface area contributed by atoms with Gasteiger partial charge in [0.05, 0.1) is 11.4 Å². The molecule has 2 aliphatic rings. The lowest BCUT2D eigenvalue weighted by Crippen LogP contribution is -2.16. The SMILES string of the molecule is Cc1[nH]n(-c2ccc3c(c2)CC3)c(=O)c1N=Nc1cccc(C2CC=C(C(=O)O)O2)c1O. The minimum absolute atomic E-state index is 0.143. The van der Waals surface area contributed by atoms with Gasteiger partial charge in [-0.25, -0.2) is 9.48 Å². The van der Waals surface area contributed by atoms with Gasteiger partial charge in [-0.3, -0.25) is 9.89 Å². The van der Waals surface area contributed by atoms with Crippen LogP contribution in [0, 0.1) is 6.92 Å². The van der Waals surface area contributed by atoms with Gasteiger partial charge in [-0.15, -0.1) is 10.2 Å². The van der Waals surface area contributed by atoms with Crippen LogP contribution in [-0.4, -0.2) is 26.0 Å². The van der Waals surface area contributed by atoms with Crippen molar-refractivity contribution in [2.45, 2.75) is 32.3 Å². The van der Waals surface area contributed by atoms with Crippen LogP contribution in [-0.2, 0) is 22.4 Å². The summed E-state index contributed by atoms with van der Waals surface area (Å²) in [6.45, 7) is 1.73. The zero-order valence-corrected chi connectivity index (χ0v) is 17.2. The van der Waals surface area contributed by atoms with Crippen molar-refractivity contribution in [2.75, 3.05) is 0 Å². The Bertz CT molecular complexity index is 1370. The number of aryl methyl sites for hydroxylation is 3. The third kappa shape index (κ3) is 3.27. The molecule has 0 saturated carbocycles. The molecule has 32 heavy (non-hydrogen) atoms. The summed E-state index contributed by atoms with van der Waals surface area (Å²) >= 11 is 0. The Morgan fingerprint density at radius 1 is 1.19 bits per heavy atom. The number of aromatic hydroxyl groups is 1. The maximum Gasteiger partial charge on any atom is 0.370 e. The third-order valence-electron chi connectivity index (χ3n) is 5.80. The van der Waals surface area contributed by atoms with Crippen LogP contribution in [0.2, 0.25) is 0 Å². The monoisotopic (exact) mass is 432 g/mol. The highest BCUT2D eigenvalue weighted by molar-refractivity contribution is 5.84. The number of ether oxygens (including phenoxy) is 1. The van der Waals surface area contributed by atoms with Gasteiger partial charge in [0.25, 0.3) is 5.56 Å². The second kappa shape index (κ2) is 7.52. The van der Waals surface area contributed by atoms with E-state index >= 15 is 0 Å². The first kappa shape index (κ1) is 19.8. The number of H-pyrrole nitrogens is 1. The average Bonchev–Trinajstić information content (AvgIpc) is 3.34. The maximum atomic E-state index is 12.9. The van der Waals surface area contributed by atoms with Crippen LogP contribution in [0.3, 0.4) is 0 Å². The Morgan fingerprint density at radius 2 is 2.00 bits per heavy atom. The molecule has 0 radical (unpaired) electrons. The van der Waals surface area contributed by atoms with Crippen LogP contribution >= 0.6 is 0 Å². The van der Waals surface area contributed by atoms with Gasteiger partial charge in [0.15, 0.2) is 5.69 Å². The minimum atomic E-state index is -1.16. The molecule has 3 N–H and O–H groups in total. The first-order chi connectivity index (χ1) is 15.4. The van der Waals surface area contributed by atoms with E-state index in [1.165, 1.54) is 21.9 Å². The van der Waals surface area contributed by atoms with Gasteiger partial charge < -0.3 is 14.9 Å². The van der Waals surface area contributed by atoms with Crippen LogP contribution in [0.25, 0.3) is 5.69 Å². The normalized spacial score (nSPS) is 17.0. The summed E-state index contributed by atoms with van der Waals surface area (Å²) in [5, 5.41) is 30.9. The number of fused-ring (bicyclic) bond motifs is 1. The van der Waals surface area contributed by atoms with Crippen LogP contribution in [0.4, 0.5) is 11.4 Å². The number of phenols is 1. The summed E-state index contributed by atoms with van der Waals surface area (Å²) in [7, 11) is 0. The number of carbonyl (C=O) groups is 1. The van der Waals surface area contributed by atoms with E-state index in [2.05, 4.69) is 15.3 Å². The molecule has 2 heterocycles. The van der Waals surface area contributed by atoms with Gasteiger partial charge in [-0.05, 0) is 55.2 Å². The summed E-state index contributed by atoms with van der Waals surface area (Å²) in [6, 6.07) is 10.8. The Morgan fingerprint density at radius 3 is 2.69 bits per heavy atom. The molecule has 1 unspecified atom stereocenters. The summed E-state index contributed by atoms with van der Waals surface area (Å²) in [5.41, 5.74) is 4.19. The number of rotatable bonds is 5. The number of para-hydroxylation sites is 1. The third-order valence-corrected chi connectivity index (χ3v) is 5.80. The molecular formula is C23H20N4O5. The number of carboxylic acid groups (broad SMARTS) is 1. The van der Waals surface area contributed by atoms with E-state index in [-0.39, 0.29) is 28.4 Å². The van der Waals surface area contributed by atoms with Gasteiger partial charge in [0, 0.05) is 12.0 Å². The quantitative estimate of drug-likeness (QED) is 0.522. The van der Waals surface area contributed by atoms with Crippen molar-refractivity contribution in [3.63, 3.8) is 0 Å². The number of phenolic OH excluding ortho intramolecular Hbond substituents is 1. The molecule has 1 aliphatic carbocycles. The van der Waals surface area contributed by atoms with Gasteiger partial charge >= 0.3 is 5.97 Å². The van der Waals surface area contributed by atoms with E-state index < -0.39 is 12.1 Å². The topological polar surface area (TPSA) is 129 Å². The van der Waals surface area contributed by atoms with Gasteiger partial charge in [0.2, 0.25) is 5.76 Å². The highest BCUT2D eigenvalue weighted by Gasteiger charge is 2.27. The number of hydrogen-bond acceptors (Lipinski definition) is 6. The van der Waals surface area contributed by atoms with Crippen LogP contribution in [0.15, 0.2) is 63.3 Å². The molecule has 0 spiro atoms. The standard InChI is InChI=1S/C23H20N4O5/c1-12-20(22(29)27(26-12)15-8-7-13-5-6-14(13)11-15)25-24-17-4-2-3-16(21(17)28)18-9-10-19(32-18)23(30)31/h2-4,7-8,10-11,18,26,28H,5-6,9H2,1H3,(H,30,31). The van der Waals surface area contributed by atoms with Crippen molar-refractivity contribution < 1.29 is 19.7 Å². The van der Waals surface area contributed by atoms with Crippen LogP contribution < -0.4 is 5.56 Å². The predicted molar refractivity (Wildman–Crippen MR) is 115 cm³/mol. The molecule has 2 aromatic carbocycles. The highest BCUT2D eigenvalue weighted by atomic mass is 16.5. The summed E-state index contributed by atoms with van der Waals surface area (Å²) in [6.07, 6.45) is 3.23.